The molecule has 2 N–H and O–H groups in total. The average molecular weight is 348 g/mol. The molecule has 1 atom stereocenters. The first-order valence-corrected chi connectivity index (χ1v) is 7.46. The lowest BCUT2D eigenvalue weighted by Gasteiger charge is -2.13. The van der Waals surface area contributed by atoms with Crippen LogP contribution in [0.2, 0.25) is 0 Å². The summed E-state index contributed by atoms with van der Waals surface area (Å²) in [7, 11) is 0. The van der Waals surface area contributed by atoms with Crippen molar-refractivity contribution in [2.45, 2.75) is 13.0 Å². The number of rotatable bonds is 7. The van der Waals surface area contributed by atoms with E-state index in [1.807, 2.05) is 0 Å². The normalized spacial score (nSPS) is 11.6. The number of aliphatic hydroxyl groups is 1. The average Bonchev–Trinajstić information content (AvgIpc) is 2.58. The number of nitrogens with zero attached hydrogens (tertiary/aromatic N) is 1. The van der Waals surface area contributed by atoms with Crippen molar-refractivity contribution in [1.82, 2.24) is 5.32 Å². The number of nitro benzene ring substituents is 1. The molecule has 0 radical (unpaired) electrons. The number of hydrogen-bond donors (Lipinski definition) is 2. The van der Waals surface area contributed by atoms with Gasteiger partial charge in [0.25, 0.3) is 11.6 Å². The first-order valence-electron chi connectivity index (χ1n) is 7.46. The molecule has 132 valence electrons. The molecular weight excluding hydrogens is 331 g/mol. The summed E-state index contributed by atoms with van der Waals surface area (Å²) in [4.78, 5) is 22.3. The third kappa shape index (κ3) is 5.25. The van der Waals surface area contributed by atoms with E-state index in [1.54, 1.807) is 6.92 Å². The largest absolute Gasteiger partial charge is 0.491 e. The molecule has 0 saturated heterocycles. The van der Waals surface area contributed by atoms with E-state index in [-0.39, 0.29) is 24.4 Å². The predicted octanol–water partition coefficient (Wildman–Crippen LogP) is 2.21. The molecule has 0 aromatic heterocycles. The van der Waals surface area contributed by atoms with E-state index in [2.05, 4.69) is 5.32 Å². The maximum atomic E-state index is 12.8. The van der Waals surface area contributed by atoms with Crippen molar-refractivity contribution in [1.29, 1.82) is 0 Å². The van der Waals surface area contributed by atoms with Gasteiger partial charge in [0.2, 0.25) is 0 Å². The van der Waals surface area contributed by atoms with Crippen LogP contribution in [0, 0.1) is 22.9 Å². The van der Waals surface area contributed by atoms with Gasteiger partial charge in [0.1, 0.15) is 24.3 Å². The van der Waals surface area contributed by atoms with Gasteiger partial charge >= 0.3 is 0 Å². The van der Waals surface area contributed by atoms with Gasteiger partial charge in [0.05, 0.1) is 4.92 Å². The summed E-state index contributed by atoms with van der Waals surface area (Å²) >= 11 is 0. The molecule has 0 bridgehead atoms. The fraction of sp³-hybridized carbons (Fsp3) is 0.235. The summed E-state index contributed by atoms with van der Waals surface area (Å²) in [6.45, 7) is 1.40. The van der Waals surface area contributed by atoms with E-state index in [1.165, 1.54) is 42.5 Å². The van der Waals surface area contributed by atoms with Crippen LogP contribution < -0.4 is 10.1 Å². The Kier molecular flexibility index (Phi) is 6.02. The number of carbonyl (C=O) groups excluding carboxylic acids is 1. The van der Waals surface area contributed by atoms with Crippen LogP contribution in [0.15, 0.2) is 42.5 Å². The van der Waals surface area contributed by atoms with Gasteiger partial charge in [-0.05, 0) is 43.3 Å². The van der Waals surface area contributed by atoms with Crippen molar-refractivity contribution < 1.29 is 24.0 Å². The van der Waals surface area contributed by atoms with Gasteiger partial charge in [-0.15, -0.1) is 0 Å². The Morgan fingerprint density at radius 1 is 1.32 bits per heavy atom. The molecule has 0 aliphatic carbocycles. The molecule has 2 rings (SSSR count). The molecule has 1 amide bonds. The number of aryl methyl sites for hydroxylation is 1. The number of carbonyl (C=O) groups is 1. The van der Waals surface area contributed by atoms with Crippen molar-refractivity contribution in [3.05, 3.63) is 69.5 Å². The maximum Gasteiger partial charge on any atom is 0.272 e. The molecule has 8 heteroatoms. The number of nitrogens with one attached hydrogen (secondary N) is 1. The maximum absolute atomic E-state index is 12.8. The standard InChI is InChI=1S/C17H17FN2O5/c1-11-8-12(2-7-16(11)20(23)24)17(22)19-9-14(21)10-25-15-5-3-13(18)4-6-15/h2-8,14,21H,9-10H2,1H3,(H,19,22)/t14-/m1/s1. The molecular formula is C17H17FN2O5. The Hall–Kier alpha value is -3.00. The predicted molar refractivity (Wildman–Crippen MR) is 88.1 cm³/mol. The Labute approximate surface area is 143 Å². The molecule has 7 nitrogen and oxygen atoms in total. The van der Waals surface area contributed by atoms with Gasteiger partial charge < -0.3 is 15.2 Å². The lowest BCUT2D eigenvalue weighted by molar-refractivity contribution is -0.385. The van der Waals surface area contributed by atoms with E-state index in [4.69, 9.17) is 4.74 Å². The molecule has 0 spiro atoms. The van der Waals surface area contributed by atoms with Gasteiger partial charge in [0, 0.05) is 23.7 Å². The third-order valence-corrected chi connectivity index (χ3v) is 3.41. The first kappa shape index (κ1) is 18.3. The Morgan fingerprint density at radius 2 is 2.00 bits per heavy atom. The zero-order valence-electron chi connectivity index (χ0n) is 13.4. The Morgan fingerprint density at radius 3 is 2.60 bits per heavy atom. The fourth-order valence-corrected chi connectivity index (χ4v) is 2.10. The van der Waals surface area contributed by atoms with Crippen molar-refractivity contribution >= 4 is 11.6 Å². The second-order valence-electron chi connectivity index (χ2n) is 5.39. The van der Waals surface area contributed by atoms with Crippen LogP contribution in [0.25, 0.3) is 0 Å². The number of ether oxygens (including phenoxy) is 1. The number of aliphatic hydroxyl groups excluding tert-OH is 1. The van der Waals surface area contributed by atoms with Gasteiger partial charge in [-0.3, -0.25) is 14.9 Å². The zero-order chi connectivity index (χ0) is 18.4. The van der Waals surface area contributed by atoms with E-state index in [9.17, 15) is 24.4 Å². The minimum absolute atomic E-state index is 0.0595. The molecule has 0 aliphatic rings. The Bertz CT molecular complexity index is 764. The van der Waals surface area contributed by atoms with Gasteiger partial charge in [-0.25, -0.2) is 4.39 Å². The second-order valence-corrected chi connectivity index (χ2v) is 5.39. The van der Waals surface area contributed by atoms with E-state index < -0.39 is 22.8 Å². The molecule has 2 aromatic rings. The molecule has 0 unspecified atom stereocenters. The number of benzene rings is 2. The minimum atomic E-state index is -0.965. The van der Waals surface area contributed by atoms with Crippen LogP contribution in [-0.4, -0.2) is 35.2 Å². The van der Waals surface area contributed by atoms with Crippen LogP contribution in [0.1, 0.15) is 15.9 Å². The summed E-state index contributed by atoms with van der Waals surface area (Å²) in [6.07, 6.45) is -0.965. The van der Waals surface area contributed by atoms with Gasteiger partial charge in [0.15, 0.2) is 0 Å². The summed E-state index contributed by atoms with van der Waals surface area (Å²) in [5.74, 6) is -0.449. The summed E-state index contributed by atoms with van der Waals surface area (Å²) in [6, 6.07) is 9.36. The van der Waals surface area contributed by atoms with Crippen LogP contribution in [0.4, 0.5) is 10.1 Å². The number of nitro groups is 1. The lowest BCUT2D eigenvalue weighted by Crippen LogP contribution is -2.35. The quantitative estimate of drug-likeness (QED) is 0.590. The number of halogens is 1. The molecule has 0 saturated carbocycles. The number of hydrogen-bond acceptors (Lipinski definition) is 5. The van der Waals surface area contributed by atoms with Crippen molar-refractivity contribution in [3.63, 3.8) is 0 Å². The van der Waals surface area contributed by atoms with E-state index in [0.717, 1.165) is 0 Å². The van der Waals surface area contributed by atoms with Gasteiger partial charge in [-0.2, -0.15) is 0 Å². The van der Waals surface area contributed by atoms with E-state index >= 15 is 0 Å². The summed E-state index contributed by atoms with van der Waals surface area (Å²) in [5, 5.41) is 23.1. The highest BCUT2D eigenvalue weighted by molar-refractivity contribution is 5.94. The monoisotopic (exact) mass is 348 g/mol. The SMILES string of the molecule is Cc1cc(C(=O)NC[C@@H](O)COc2ccc(F)cc2)ccc1[N+](=O)[O-]. The molecule has 0 fully saturated rings. The third-order valence-electron chi connectivity index (χ3n) is 3.41. The van der Waals surface area contributed by atoms with Gasteiger partial charge in [-0.1, -0.05) is 0 Å². The topological polar surface area (TPSA) is 102 Å². The molecule has 0 aliphatic heterocycles. The molecule has 2 aromatic carbocycles. The summed E-state index contributed by atoms with van der Waals surface area (Å²) < 4.78 is 18.0. The fourth-order valence-electron chi connectivity index (χ4n) is 2.10. The van der Waals surface area contributed by atoms with Crippen molar-refractivity contribution in [2.75, 3.05) is 13.2 Å². The van der Waals surface area contributed by atoms with Crippen LogP contribution in [0.3, 0.4) is 0 Å². The first-order chi connectivity index (χ1) is 11.9. The summed E-state index contributed by atoms with van der Waals surface area (Å²) in [5.41, 5.74) is 0.567. The van der Waals surface area contributed by atoms with Crippen molar-refractivity contribution in [3.8, 4) is 5.75 Å². The lowest BCUT2D eigenvalue weighted by atomic mass is 10.1. The number of amides is 1. The van der Waals surface area contributed by atoms with E-state index in [0.29, 0.717) is 11.3 Å². The van der Waals surface area contributed by atoms with Crippen LogP contribution in [0.5, 0.6) is 5.75 Å². The zero-order valence-corrected chi connectivity index (χ0v) is 13.4. The highest BCUT2D eigenvalue weighted by Gasteiger charge is 2.14. The molecule has 25 heavy (non-hydrogen) atoms. The molecule has 0 heterocycles. The minimum Gasteiger partial charge on any atom is -0.491 e. The highest BCUT2D eigenvalue weighted by Crippen LogP contribution is 2.18. The second kappa shape index (κ2) is 8.20. The Balaban J connectivity index is 1.83. The van der Waals surface area contributed by atoms with Crippen LogP contribution >= 0.6 is 0 Å². The smallest absolute Gasteiger partial charge is 0.272 e. The highest BCUT2D eigenvalue weighted by atomic mass is 19.1. The van der Waals surface area contributed by atoms with Crippen LogP contribution in [-0.2, 0) is 0 Å². The van der Waals surface area contributed by atoms with Crippen molar-refractivity contribution in [2.24, 2.45) is 0 Å².